The van der Waals surface area contributed by atoms with E-state index in [1.54, 1.807) is 6.07 Å². The molecule has 0 saturated heterocycles. The van der Waals surface area contributed by atoms with Gasteiger partial charge in [-0.2, -0.15) is 0 Å². The van der Waals surface area contributed by atoms with Gasteiger partial charge in [0.15, 0.2) is 0 Å². The molecule has 0 heterocycles. The molecule has 1 aromatic carbocycles. The second-order valence-corrected chi connectivity index (χ2v) is 4.37. The Kier molecular flexibility index (Phi) is 4.08. The first kappa shape index (κ1) is 12.1. The first-order chi connectivity index (χ1) is 6.18. The summed E-state index contributed by atoms with van der Waals surface area (Å²) in [5.41, 5.74) is 7.05. The predicted octanol–water partition coefficient (Wildman–Crippen LogP) is 3.83. The van der Waals surface area contributed by atoms with Crippen LogP contribution in [0.25, 0.3) is 0 Å². The Balaban J connectivity index is 0.000000980. The number of benzene rings is 1. The molecule has 4 heteroatoms. The molecular weight excluding hydrogens is 240 g/mol. The quantitative estimate of drug-likeness (QED) is 0.851. The zero-order valence-corrected chi connectivity index (χ0v) is 9.87. The smallest absolute Gasteiger partial charge is 0.0468 e. The topological polar surface area (TPSA) is 26.0 Å². The van der Waals surface area contributed by atoms with E-state index in [0.717, 1.165) is 5.56 Å². The highest BCUT2D eigenvalue weighted by atomic mass is 35.5. The Morgan fingerprint density at radius 3 is 2.43 bits per heavy atom. The lowest BCUT2D eigenvalue weighted by Gasteiger charge is -2.12. The van der Waals surface area contributed by atoms with E-state index >= 15 is 0 Å². The second-order valence-electron chi connectivity index (χ2n) is 3.53. The van der Waals surface area contributed by atoms with Crippen LogP contribution in [0.5, 0.6) is 0 Å². The van der Waals surface area contributed by atoms with Crippen molar-refractivity contribution in [3.63, 3.8) is 0 Å². The summed E-state index contributed by atoms with van der Waals surface area (Å²) in [6.07, 6.45) is 2.44. The van der Waals surface area contributed by atoms with E-state index in [4.69, 9.17) is 28.9 Å². The van der Waals surface area contributed by atoms with Crippen molar-refractivity contribution in [2.24, 2.45) is 11.7 Å². The zero-order chi connectivity index (χ0) is 9.42. The highest BCUT2D eigenvalue weighted by Gasteiger charge is 2.30. The Labute approximate surface area is 100.0 Å². The Morgan fingerprint density at radius 2 is 1.93 bits per heavy atom. The molecule has 0 amide bonds. The summed E-state index contributed by atoms with van der Waals surface area (Å²) in [5, 5.41) is 1.35. The molecule has 2 rings (SSSR count). The van der Waals surface area contributed by atoms with E-state index < -0.39 is 0 Å². The van der Waals surface area contributed by atoms with Gasteiger partial charge >= 0.3 is 0 Å². The van der Waals surface area contributed by atoms with Crippen LogP contribution in [0.2, 0.25) is 10.0 Å². The van der Waals surface area contributed by atoms with E-state index in [-0.39, 0.29) is 18.4 Å². The molecule has 1 aliphatic carbocycles. The largest absolute Gasteiger partial charge is 0.324 e. The lowest BCUT2D eigenvalue weighted by atomic mass is 10.0. The van der Waals surface area contributed by atoms with Crippen LogP contribution >= 0.6 is 35.6 Å². The highest BCUT2D eigenvalue weighted by Crippen LogP contribution is 2.41. The lowest BCUT2D eigenvalue weighted by molar-refractivity contribution is 0.634. The lowest BCUT2D eigenvalue weighted by Crippen LogP contribution is -2.12. The van der Waals surface area contributed by atoms with Gasteiger partial charge in [0.2, 0.25) is 0 Å². The third-order valence-electron chi connectivity index (χ3n) is 2.45. The molecule has 0 bridgehead atoms. The number of hydrogen-bond acceptors (Lipinski definition) is 1. The minimum absolute atomic E-state index is 0. The molecule has 0 spiro atoms. The monoisotopic (exact) mass is 251 g/mol. The predicted molar refractivity (Wildman–Crippen MR) is 63.4 cm³/mol. The van der Waals surface area contributed by atoms with Crippen molar-refractivity contribution >= 4 is 35.6 Å². The Morgan fingerprint density at radius 1 is 1.29 bits per heavy atom. The van der Waals surface area contributed by atoms with Crippen LogP contribution in [-0.2, 0) is 0 Å². The van der Waals surface area contributed by atoms with Crippen molar-refractivity contribution in [2.45, 2.75) is 18.9 Å². The fourth-order valence-corrected chi connectivity index (χ4v) is 2.02. The van der Waals surface area contributed by atoms with E-state index in [2.05, 4.69) is 0 Å². The first-order valence-corrected chi connectivity index (χ1v) is 5.14. The molecule has 0 radical (unpaired) electrons. The minimum Gasteiger partial charge on any atom is -0.324 e. The molecule has 1 fully saturated rings. The molecule has 1 aromatic rings. The van der Waals surface area contributed by atoms with E-state index in [1.807, 2.05) is 12.1 Å². The van der Waals surface area contributed by atoms with Gasteiger partial charge in [0.25, 0.3) is 0 Å². The molecule has 1 aliphatic rings. The van der Waals surface area contributed by atoms with Gasteiger partial charge in [-0.1, -0.05) is 29.3 Å². The van der Waals surface area contributed by atoms with Crippen molar-refractivity contribution in [3.05, 3.63) is 33.8 Å². The van der Waals surface area contributed by atoms with Gasteiger partial charge in [-0.15, -0.1) is 12.4 Å². The number of rotatable bonds is 2. The van der Waals surface area contributed by atoms with Crippen LogP contribution in [0.4, 0.5) is 0 Å². The maximum Gasteiger partial charge on any atom is 0.0468 e. The van der Waals surface area contributed by atoms with Crippen LogP contribution in [0.1, 0.15) is 24.4 Å². The van der Waals surface area contributed by atoms with Crippen LogP contribution < -0.4 is 5.73 Å². The van der Waals surface area contributed by atoms with Gasteiger partial charge in [-0.05, 0) is 36.5 Å². The summed E-state index contributed by atoms with van der Waals surface area (Å²) in [6, 6.07) is 5.60. The molecule has 2 N–H and O–H groups in total. The summed E-state index contributed by atoms with van der Waals surface area (Å²) in [5.74, 6) is 0.624. The average molecular weight is 253 g/mol. The van der Waals surface area contributed by atoms with Crippen LogP contribution in [0.15, 0.2) is 18.2 Å². The van der Waals surface area contributed by atoms with E-state index in [1.165, 1.54) is 12.8 Å². The molecule has 1 atom stereocenters. The second kappa shape index (κ2) is 4.71. The molecule has 0 aromatic heterocycles. The normalized spacial score (nSPS) is 17.4. The Bertz CT molecular complexity index is 323. The van der Waals surface area contributed by atoms with Crippen molar-refractivity contribution < 1.29 is 0 Å². The number of hydrogen-bond donors (Lipinski definition) is 1. The summed E-state index contributed by atoms with van der Waals surface area (Å²) >= 11 is 11.8. The maximum atomic E-state index is 6.03. The number of nitrogens with two attached hydrogens (primary N) is 1. The van der Waals surface area contributed by atoms with Crippen LogP contribution in [0.3, 0.4) is 0 Å². The molecule has 1 saturated carbocycles. The van der Waals surface area contributed by atoms with E-state index in [0.29, 0.717) is 16.0 Å². The maximum absolute atomic E-state index is 6.03. The molecule has 0 unspecified atom stereocenters. The van der Waals surface area contributed by atoms with E-state index in [9.17, 15) is 0 Å². The standard InChI is InChI=1S/C10H11Cl2N.ClH/c11-7-3-4-8(9(12)5-7)10(13)6-1-2-6;/h3-6,10H,1-2,13H2;1H/t10-;/m1./s1. The summed E-state index contributed by atoms with van der Waals surface area (Å²) in [6.45, 7) is 0. The first-order valence-electron chi connectivity index (χ1n) is 4.39. The fraction of sp³-hybridized carbons (Fsp3) is 0.400. The summed E-state index contributed by atoms with van der Waals surface area (Å²) in [7, 11) is 0. The SMILES string of the molecule is Cl.N[C@@H](c1ccc(Cl)cc1Cl)C1CC1. The molecule has 0 aliphatic heterocycles. The van der Waals surface area contributed by atoms with Gasteiger partial charge in [-0.3, -0.25) is 0 Å². The molecule has 1 nitrogen and oxygen atoms in total. The molecule has 78 valence electrons. The van der Waals surface area contributed by atoms with Crippen molar-refractivity contribution in [1.82, 2.24) is 0 Å². The van der Waals surface area contributed by atoms with Crippen LogP contribution in [0, 0.1) is 5.92 Å². The van der Waals surface area contributed by atoms with Gasteiger partial charge in [0.1, 0.15) is 0 Å². The van der Waals surface area contributed by atoms with Crippen molar-refractivity contribution in [1.29, 1.82) is 0 Å². The summed E-state index contributed by atoms with van der Waals surface area (Å²) < 4.78 is 0. The van der Waals surface area contributed by atoms with Crippen molar-refractivity contribution in [3.8, 4) is 0 Å². The van der Waals surface area contributed by atoms with Gasteiger partial charge in [-0.25, -0.2) is 0 Å². The third kappa shape index (κ3) is 2.54. The average Bonchev–Trinajstić information content (AvgIpc) is 2.85. The van der Waals surface area contributed by atoms with Crippen molar-refractivity contribution in [2.75, 3.05) is 0 Å². The zero-order valence-electron chi connectivity index (χ0n) is 7.54. The van der Waals surface area contributed by atoms with Gasteiger partial charge in [0.05, 0.1) is 0 Å². The fourth-order valence-electron chi connectivity index (χ4n) is 1.48. The highest BCUT2D eigenvalue weighted by molar-refractivity contribution is 6.35. The molecular formula is C10H12Cl3N. The number of halogens is 3. The minimum atomic E-state index is 0. The van der Waals surface area contributed by atoms with Crippen LogP contribution in [-0.4, -0.2) is 0 Å². The Hall–Kier alpha value is 0.0500. The molecule has 14 heavy (non-hydrogen) atoms. The van der Waals surface area contributed by atoms with Gasteiger partial charge in [0, 0.05) is 16.1 Å². The van der Waals surface area contributed by atoms with Gasteiger partial charge < -0.3 is 5.73 Å². The summed E-state index contributed by atoms with van der Waals surface area (Å²) in [4.78, 5) is 0. The third-order valence-corrected chi connectivity index (χ3v) is 3.01.